The van der Waals surface area contributed by atoms with E-state index < -0.39 is 0 Å². The fraction of sp³-hybridized carbons (Fsp3) is 0.455. The summed E-state index contributed by atoms with van der Waals surface area (Å²) in [5, 5.41) is 0. The number of alkyl halides is 2. The van der Waals surface area contributed by atoms with E-state index in [9.17, 15) is 0 Å². The molecule has 2 aliphatic rings. The first-order chi connectivity index (χ1) is 6.16. The molecule has 0 radical (unpaired) electrons. The van der Waals surface area contributed by atoms with Gasteiger partial charge in [0.1, 0.15) is 0 Å². The van der Waals surface area contributed by atoms with E-state index >= 15 is 0 Å². The van der Waals surface area contributed by atoms with Crippen molar-refractivity contribution in [3.63, 3.8) is 0 Å². The van der Waals surface area contributed by atoms with Crippen molar-refractivity contribution in [2.45, 2.75) is 22.0 Å². The van der Waals surface area contributed by atoms with Crippen LogP contribution in [0.2, 0.25) is 0 Å². The Morgan fingerprint density at radius 3 is 2.23 bits per heavy atom. The molecule has 2 saturated carbocycles. The van der Waals surface area contributed by atoms with Crippen LogP contribution in [0.3, 0.4) is 0 Å². The lowest BCUT2D eigenvalue weighted by atomic mass is 10.1. The zero-order chi connectivity index (χ0) is 9.10. The summed E-state index contributed by atoms with van der Waals surface area (Å²) >= 11 is 7.45. The van der Waals surface area contributed by atoms with Crippen molar-refractivity contribution in [3.8, 4) is 0 Å². The van der Waals surface area contributed by atoms with Gasteiger partial charge < -0.3 is 0 Å². The summed E-state index contributed by atoms with van der Waals surface area (Å²) in [5.41, 5.74) is 2.05. The third kappa shape index (κ3) is 1.08. The van der Waals surface area contributed by atoms with Crippen molar-refractivity contribution in [1.82, 2.24) is 0 Å². The molecule has 0 aliphatic heterocycles. The summed E-state index contributed by atoms with van der Waals surface area (Å²) in [6.07, 6.45) is 2.62. The first-order valence-corrected chi connectivity index (χ1v) is 6.17. The number of benzene rings is 1. The molecule has 0 heterocycles. The summed E-state index contributed by atoms with van der Waals surface area (Å²) < 4.78 is 0.257. The van der Waals surface area contributed by atoms with Gasteiger partial charge in [0.25, 0.3) is 0 Å². The normalized spacial score (nSPS) is 39.1. The second kappa shape index (κ2) is 2.40. The molecule has 0 unspecified atom stereocenters. The summed E-state index contributed by atoms with van der Waals surface area (Å²) in [5.74, 6) is 0.785. The van der Waals surface area contributed by atoms with E-state index in [2.05, 4.69) is 62.2 Å². The Bertz CT molecular complexity index is 344. The predicted molar refractivity (Wildman–Crippen MR) is 61.4 cm³/mol. The molecule has 1 spiro atoms. The van der Waals surface area contributed by atoms with E-state index in [1.165, 1.54) is 18.4 Å². The first-order valence-electron chi connectivity index (χ1n) is 4.58. The lowest BCUT2D eigenvalue weighted by molar-refractivity contribution is 0.838. The van der Waals surface area contributed by atoms with Crippen LogP contribution in [-0.2, 0) is 0 Å². The molecule has 2 fully saturated rings. The molecular weight excluding hydrogens is 292 g/mol. The van der Waals surface area contributed by atoms with E-state index in [1.54, 1.807) is 0 Å². The number of halogens is 2. The lowest BCUT2D eigenvalue weighted by Gasteiger charge is -1.99. The van der Waals surface area contributed by atoms with Crippen LogP contribution in [0.1, 0.15) is 24.3 Å². The molecule has 0 N–H and O–H groups in total. The zero-order valence-electron chi connectivity index (χ0n) is 7.13. The Hall–Kier alpha value is 0.180. The molecule has 0 amide bonds. The standard InChI is InChI=1S/C11H10Br2/c12-11(13)7-10(11)6-9(10)8-4-2-1-3-5-8/h1-5,9H,6-7H2/t9-,10+/m1/s1. The fourth-order valence-electron chi connectivity index (χ4n) is 2.38. The molecule has 1 aromatic rings. The van der Waals surface area contributed by atoms with Gasteiger partial charge >= 0.3 is 0 Å². The van der Waals surface area contributed by atoms with Crippen molar-refractivity contribution in [3.05, 3.63) is 35.9 Å². The summed E-state index contributed by atoms with van der Waals surface area (Å²) in [4.78, 5) is 0. The zero-order valence-corrected chi connectivity index (χ0v) is 10.3. The molecule has 0 saturated heterocycles. The highest BCUT2D eigenvalue weighted by atomic mass is 79.9. The van der Waals surface area contributed by atoms with Gasteiger partial charge in [-0.1, -0.05) is 62.2 Å². The maximum Gasteiger partial charge on any atom is 0.0874 e. The minimum absolute atomic E-state index is 0.257. The quantitative estimate of drug-likeness (QED) is 0.687. The van der Waals surface area contributed by atoms with Crippen LogP contribution in [0, 0.1) is 5.41 Å². The molecule has 3 rings (SSSR count). The van der Waals surface area contributed by atoms with E-state index in [1.807, 2.05) is 0 Å². The summed E-state index contributed by atoms with van der Waals surface area (Å²) in [6, 6.07) is 10.8. The fourth-order valence-corrected chi connectivity index (χ4v) is 4.26. The van der Waals surface area contributed by atoms with Crippen molar-refractivity contribution in [1.29, 1.82) is 0 Å². The monoisotopic (exact) mass is 300 g/mol. The van der Waals surface area contributed by atoms with E-state index in [0.29, 0.717) is 5.41 Å². The highest BCUT2D eigenvalue weighted by Gasteiger charge is 2.78. The van der Waals surface area contributed by atoms with Gasteiger partial charge in [0.05, 0.1) is 3.23 Å². The van der Waals surface area contributed by atoms with E-state index in [-0.39, 0.29) is 3.23 Å². The van der Waals surface area contributed by atoms with Crippen LogP contribution in [0.4, 0.5) is 0 Å². The van der Waals surface area contributed by atoms with Crippen LogP contribution in [0.15, 0.2) is 30.3 Å². The summed E-state index contributed by atoms with van der Waals surface area (Å²) in [7, 11) is 0. The Morgan fingerprint density at radius 2 is 1.77 bits per heavy atom. The van der Waals surface area contributed by atoms with Gasteiger partial charge in [0.2, 0.25) is 0 Å². The Labute approximate surface area is 95.0 Å². The highest BCUT2D eigenvalue weighted by molar-refractivity contribution is 9.25. The van der Waals surface area contributed by atoms with Gasteiger partial charge in [-0.2, -0.15) is 0 Å². The Kier molecular flexibility index (Phi) is 1.57. The van der Waals surface area contributed by atoms with Crippen LogP contribution in [0.25, 0.3) is 0 Å². The van der Waals surface area contributed by atoms with E-state index in [0.717, 1.165) is 5.92 Å². The smallest absolute Gasteiger partial charge is 0.0721 e. The number of hydrogen-bond donors (Lipinski definition) is 0. The van der Waals surface area contributed by atoms with Gasteiger partial charge in [0.15, 0.2) is 0 Å². The first kappa shape index (κ1) is 8.49. The second-order valence-electron chi connectivity index (χ2n) is 4.20. The van der Waals surface area contributed by atoms with Crippen molar-refractivity contribution in [2.24, 2.45) is 5.41 Å². The Morgan fingerprint density at radius 1 is 1.15 bits per heavy atom. The van der Waals surface area contributed by atoms with Gasteiger partial charge in [0, 0.05) is 5.41 Å². The average molecular weight is 302 g/mol. The largest absolute Gasteiger partial charge is 0.0874 e. The third-order valence-corrected chi connectivity index (χ3v) is 5.56. The molecule has 0 nitrogen and oxygen atoms in total. The van der Waals surface area contributed by atoms with Crippen LogP contribution in [-0.4, -0.2) is 3.23 Å². The molecule has 0 bridgehead atoms. The predicted octanol–water partition coefficient (Wildman–Crippen LogP) is 4.05. The molecule has 13 heavy (non-hydrogen) atoms. The second-order valence-corrected chi connectivity index (χ2v) is 7.98. The topological polar surface area (TPSA) is 0 Å². The molecule has 2 aliphatic carbocycles. The molecule has 2 heteroatoms. The lowest BCUT2D eigenvalue weighted by Crippen LogP contribution is -1.90. The van der Waals surface area contributed by atoms with Crippen LogP contribution < -0.4 is 0 Å². The maximum atomic E-state index is 3.72. The third-order valence-electron chi connectivity index (χ3n) is 3.42. The minimum Gasteiger partial charge on any atom is -0.0721 e. The molecule has 68 valence electrons. The van der Waals surface area contributed by atoms with Crippen molar-refractivity contribution >= 4 is 31.9 Å². The molecule has 0 aromatic heterocycles. The van der Waals surface area contributed by atoms with Crippen molar-refractivity contribution < 1.29 is 0 Å². The minimum atomic E-state index is 0.257. The van der Waals surface area contributed by atoms with Crippen LogP contribution >= 0.6 is 31.9 Å². The van der Waals surface area contributed by atoms with Gasteiger partial charge in [-0.3, -0.25) is 0 Å². The average Bonchev–Trinajstić information content (AvgIpc) is 2.93. The molecular formula is C11H10Br2. The van der Waals surface area contributed by atoms with Gasteiger partial charge in [-0.05, 0) is 24.3 Å². The number of hydrogen-bond acceptors (Lipinski definition) is 0. The molecule has 1 aromatic carbocycles. The van der Waals surface area contributed by atoms with E-state index in [4.69, 9.17) is 0 Å². The number of rotatable bonds is 1. The SMILES string of the molecule is BrC1(Br)C[C@]12C[C@@H]2c1ccccc1. The summed E-state index contributed by atoms with van der Waals surface area (Å²) in [6.45, 7) is 0. The Balaban J connectivity index is 1.86. The van der Waals surface area contributed by atoms with Gasteiger partial charge in [-0.15, -0.1) is 0 Å². The maximum absolute atomic E-state index is 3.72. The molecule has 2 atom stereocenters. The van der Waals surface area contributed by atoms with Gasteiger partial charge in [-0.25, -0.2) is 0 Å². The highest BCUT2D eigenvalue weighted by Crippen LogP contribution is 2.85. The van der Waals surface area contributed by atoms with Crippen LogP contribution in [0.5, 0.6) is 0 Å². The van der Waals surface area contributed by atoms with Crippen molar-refractivity contribution in [2.75, 3.05) is 0 Å².